The summed E-state index contributed by atoms with van der Waals surface area (Å²) in [6.45, 7) is 3.43. The molecule has 1 aromatic rings. The molecule has 1 atom stereocenters. The van der Waals surface area contributed by atoms with Crippen molar-refractivity contribution in [2.75, 3.05) is 18.0 Å². The van der Waals surface area contributed by atoms with Crippen LogP contribution in [0.25, 0.3) is 0 Å². The van der Waals surface area contributed by atoms with Gasteiger partial charge in [-0.25, -0.2) is 4.39 Å². The first-order valence-corrected chi connectivity index (χ1v) is 5.34. The Bertz CT molecular complexity index is 349. The molecule has 2 N–H and O–H groups in total. The van der Waals surface area contributed by atoms with E-state index in [0.717, 1.165) is 17.8 Å². The lowest BCUT2D eigenvalue weighted by atomic mass is 10.1. The summed E-state index contributed by atoms with van der Waals surface area (Å²) in [5, 5.41) is 0. The summed E-state index contributed by atoms with van der Waals surface area (Å²) in [6.07, 6.45) is 0.603. The number of hydrogen-bond acceptors (Lipinski definition) is 2. The third kappa shape index (κ3) is 2.12. The smallest absolute Gasteiger partial charge is 0.127 e. The number of halogens is 1. The van der Waals surface area contributed by atoms with Gasteiger partial charge in [0.15, 0.2) is 0 Å². The van der Waals surface area contributed by atoms with E-state index in [9.17, 15) is 4.39 Å². The highest BCUT2D eigenvalue weighted by atomic mass is 19.1. The molecular weight excluding hydrogens is 191 g/mol. The van der Waals surface area contributed by atoms with Crippen molar-refractivity contribution < 1.29 is 4.39 Å². The number of para-hydroxylation sites is 1. The lowest BCUT2D eigenvalue weighted by Crippen LogP contribution is -2.26. The van der Waals surface area contributed by atoms with E-state index in [4.69, 9.17) is 5.73 Å². The zero-order chi connectivity index (χ0) is 10.9. The second-order valence-corrected chi connectivity index (χ2v) is 4.42. The molecule has 1 fully saturated rings. The first-order chi connectivity index (χ1) is 7.12. The summed E-state index contributed by atoms with van der Waals surface area (Å²) in [5.41, 5.74) is 6.79. The molecule has 0 aliphatic carbocycles. The Hall–Kier alpha value is -1.09. The zero-order valence-electron chi connectivity index (χ0n) is 9.04. The molecule has 0 radical (unpaired) electrons. The van der Waals surface area contributed by atoms with Crippen molar-refractivity contribution in [1.82, 2.24) is 0 Å². The van der Waals surface area contributed by atoms with E-state index in [1.165, 1.54) is 0 Å². The van der Waals surface area contributed by atoms with Crippen LogP contribution < -0.4 is 10.6 Å². The zero-order valence-corrected chi connectivity index (χ0v) is 9.04. The van der Waals surface area contributed by atoms with Crippen molar-refractivity contribution in [2.45, 2.75) is 25.6 Å². The molecule has 0 aromatic heterocycles. The summed E-state index contributed by atoms with van der Waals surface area (Å²) in [6, 6.07) is 7.96. The highest BCUT2D eigenvalue weighted by Gasteiger charge is 2.34. The predicted molar refractivity (Wildman–Crippen MR) is 60.7 cm³/mol. The fraction of sp³-hybridized carbons (Fsp3) is 0.500. The van der Waals surface area contributed by atoms with Crippen molar-refractivity contribution in [1.29, 1.82) is 0 Å². The second-order valence-electron chi connectivity index (χ2n) is 4.42. The molecule has 0 bridgehead atoms. The number of nitrogens with zero attached hydrogens (tertiary/aromatic N) is 1. The topological polar surface area (TPSA) is 29.3 Å². The van der Waals surface area contributed by atoms with Crippen molar-refractivity contribution in [3.8, 4) is 0 Å². The van der Waals surface area contributed by atoms with Gasteiger partial charge in [-0.3, -0.25) is 0 Å². The minimum Gasteiger partial charge on any atom is -0.368 e. The Kier molecular flexibility index (Phi) is 2.65. The Morgan fingerprint density at radius 3 is 2.80 bits per heavy atom. The standard InChI is InChI=1S/C12H17FN2/c1-12(13)6-7-15(9-12)11-5-3-2-4-10(11)8-14/h2-5H,6-9,14H2,1H3. The van der Waals surface area contributed by atoms with E-state index in [0.29, 0.717) is 19.5 Å². The van der Waals surface area contributed by atoms with Gasteiger partial charge in [-0.05, 0) is 18.6 Å². The minimum absolute atomic E-state index is 0.476. The molecule has 82 valence electrons. The van der Waals surface area contributed by atoms with Crippen LogP contribution in [0.15, 0.2) is 24.3 Å². The molecule has 1 unspecified atom stereocenters. The van der Waals surface area contributed by atoms with E-state index in [-0.39, 0.29) is 0 Å². The third-order valence-corrected chi connectivity index (χ3v) is 2.98. The Balaban J connectivity index is 2.23. The maximum absolute atomic E-state index is 13.7. The fourth-order valence-electron chi connectivity index (χ4n) is 2.12. The highest BCUT2D eigenvalue weighted by Crippen LogP contribution is 2.30. The molecule has 1 aliphatic heterocycles. The first kappa shape index (κ1) is 10.4. The Labute approximate surface area is 89.9 Å². The van der Waals surface area contributed by atoms with E-state index in [1.807, 2.05) is 24.3 Å². The van der Waals surface area contributed by atoms with Crippen molar-refractivity contribution in [3.05, 3.63) is 29.8 Å². The number of anilines is 1. The number of nitrogens with two attached hydrogens (primary N) is 1. The lowest BCUT2D eigenvalue weighted by Gasteiger charge is -2.22. The maximum atomic E-state index is 13.7. The van der Waals surface area contributed by atoms with E-state index in [2.05, 4.69) is 4.90 Å². The van der Waals surface area contributed by atoms with Crippen LogP contribution in [0, 0.1) is 0 Å². The summed E-state index contributed by atoms with van der Waals surface area (Å²) >= 11 is 0. The molecule has 3 heteroatoms. The van der Waals surface area contributed by atoms with Crippen LogP contribution in [0.3, 0.4) is 0 Å². The Morgan fingerprint density at radius 1 is 1.47 bits per heavy atom. The molecular formula is C12H17FN2. The number of alkyl halides is 1. The van der Waals surface area contributed by atoms with Gasteiger partial charge in [0.2, 0.25) is 0 Å². The van der Waals surface area contributed by atoms with Crippen LogP contribution in [-0.2, 0) is 6.54 Å². The van der Waals surface area contributed by atoms with Crippen LogP contribution in [0.1, 0.15) is 18.9 Å². The van der Waals surface area contributed by atoms with Crippen LogP contribution >= 0.6 is 0 Å². The van der Waals surface area contributed by atoms with Crippen LogP contribution in [-0.4, -0.2) is 18.8 Å². The molecule has 0 amide bonds. The van der Waals surface area contributed by atoms with Crippen LogP contribution in [0.5, 0.6) is 0 Å². The van der Waals surface area contributed by atoms with Gasteiger partial charge in [-0.15, -0.1) is 0 Å². The van der Waals surface area contributed by atoms with E-state index >= 15 is 0 Å². The number of rotatable bonds is 2. The van der Waals surface area contributed by atoms with E-state index < -0.39 is 5.67 Å². The van der Waals surface area contributed by atoms with Gasteiger partial charge in [-0.1, -0.05) is 18.2 Å². The van der Waals surface area contributed by atoms with Gasteiger partial charge < -0.3 is 10.6 Å². The first-order valence-electron chi connectivity index (χ1n) is 5.34. The Morgan fingerprint density at radius 2 is 2.20 bits per heavy atom. The molecule has 1 aromatic carbocycles. The molecule has 1 heterocycles. The minimum atomic E-state index is -1.05. The molecule has 2 rings (SSSR count). The maximum Gasteiger partial charge on any atom is 0.127 e. The van der Waals surface area contributed by atoms with Gasteiger partial charge in [-0.2, -0.15) is 0 Å². The highest BCUT2D eigenvalue weighted by molar-refractivity contribution is 5.54. The lowest BCUT2D eigenvalue weighted by molar-refractivity contribution is 0.221. The molecule has 15 heavy (non-hydrogen) atoms. The second kappa shape index (κ2) is 3.81. The molecule has 0 saturated carbocycles. The third-order valence-electron chi connectivity index (χ3n) is 2.98. The van der Waals surface area contributed by atoms with Gasteiger partial charge >= 0.3 is 0 Å². The molecule has 2 nitrogen and oxygen atoms in total. The molecule has 1 aliphatic rings. The fourth-order valence-corrected chi connectivity index (χ4v) is 2.12. The average molecular weight is 208 g/mol. The number of benzene rings is 1. The van der Waals surface area contributed by atoms with Crippen molar-refractivity contribution in [2.24, 2.45) is 5.73 Å². The normalized spacial score (nSPS) is 25.9. The van der Waals surface area contributed by atoms with Gasteiger partial charge in [0, 0.05) is 25.2 Å². The largest absolute Gasteiger partial charge is 0.368 e. The SMILES string of the molecule is CC1(F)CCN(c2ccccc2CN)C1. The summed E-state index contributed by atoms with van der Waals surface area (Å²) < 4.78 is 13.7. The van der Waals surface area contributed by atoms with Gasteiger partial charge in [0.25, 0.3) is 0 Å². The van der Waals surface area contributed by atoms with Crippen molar-refractivity contribution >= 4 is 5.69 Å². The van der Waals surface area contributed by atoms with Gasteiger partial charge in [0.05, 0.1) is 6.54 Å². The summed E-state index contributed by atoms with van der Waals surface area (Å²) in [4.78, 5) is 2.09. The summed E-state index contributed by atoms with van der Waals surface area (Å²) in [7, 11) is 0. The van der Waals surface area contributed by atoms with E-state index in [1.54, 1.807) is 6.92 Å². The predicted octanol–water partition coefficient (Wildman–Crippen LogP) is 2.08. The van der Waals surface area contributed by atoms with Gasteiger partial charge in [0.1, 0.15) is 5.67 Å². The average Bonchev–Trinajstić information content (AvgIpc) is 2.59. The monoisotopic (exact) mass is 208 g/mol. The molecule has 1 saturated heterocycles. The summed E-state index contributed by atoms with van der Waals surface area (Å²) in [5.74, 6) is 0. The van der Waals surface area contributed by atoms with Crippen LogP contribution in [0.2, 0.25) is 0 Å². The van der Waals surface area contributed by atoms with Crippen LogP contribution in [0.4, 0.5) is 10.1 Å². The number of hydrogen-bond donors (Lipinski definition) is 1. The van der Waals surface area contributed by atoms with Crippen molar-refractivity contribution in [3.63, 3.8) is 0 Å². The molecule has 0 spiro atoms. The quantitative estimate of drug-likeness (QED) is 0.806.